The van der Waals surface area contributed by atoms with Gasteiger partial charge in [-0.3, -0.25) is 4.90 Å². The van der Waals surface area contributed by atoms with Crippen LogP contribution in [-0.4, -0.2) is 55.3 Å². The number of rotatable bonds is 7. The van der Waals surface area contributed by atoms with E-state index in [2.05, 4.69) is 49.0 Å². The first kappa shape index (κ1) is 21.5. The largest absolute Gasteiger partial charge is 0.378 e. The Bertz CT molecular complexity index is 1110. The minimum atomic E-state index is -3.58. The number of sulfonamides is 1. The highest BCUT2D eigenvalue weighted by Crippen LogP contribution is 2.16. The summed E-state index contributed by atoms with van der Waals surface area (Å²) in [5.74, 6) is 1.55. The topological polar surface area (TPSA) is 83.4 Å². The van der Waals surface area contributed by atoms with Crippen molar-refractivity contribution < 1.29 is 8.42 Å². The summed E-state index contributed by atoms with van der Waals surface area (Å²) in [7, 11) is 0.499. The molecule has 0 bridgehead atoms. The third-order valence-electron chi connectivity index (χ3n) is 5.53. The van der Waals surface area contributed by atoms with Crippen LogP contribution in [0.3, 0.4) is 0 Å². The van der Waals surface area contributed by atoms with Crippen molar-refractivity contribution in [2.24, 2.45) is 0 Å². The van der Waals surface area contributed by atoms with Gasteiger partial charge in [-0.15, -0.1) is 10.2 Å². The lowest BCUT2D eigenvalue weighted by Gasteiger charge is -2.20. The van der Waals surface area contributed by atoms with Gasteiger partial charge >= 0.3 is 0 Å². The number of hydrogen-bond acceptors (Lipinski definition) is 6. The summed E-state index contributed by atoms with van der Waals surface area (Å²) in [6, 6.07) is 17.0. The predicted molar refractivity (Wildman–Crippen MR) is 120 cm³/mol. The molecule has 0 aliphatic carbocycles. The van der Waals surface area contributed by atoms with Gasteiger partial charge in [0, 0.05) is 52.4 Å². The van der Waals surface area contributed by atoms with Crippen molar-refractivity contribution in [3.05, 3.63) is 71.8 Å². The molecule has 1 aromatic heterocycles. The molecule has 0 unspecified atom stereocenters. The minimum absolute atomic E-state index is 0.121. The Kier molecular flexibility index (Phi) is 6.35. The van der Waals surface area contributed by atoms with Gasteiger partial charge in [0.2, 0.25) is 10.0 Å². The first-order chi connectivity index (χ1) is 14.9. The van der Waals surface area contributed by atoms with E-state index in [1.807, 2.05) is 18.7 Å². The van der Waals surface area contributed by atoms with Crippen molar-refractivity contribution in [2.75, 3.05) is 32.1 Å². The van der Waals surface area contributed by atoms with E-state index in [1.54, 1.807) is 30.3 Å². The maximum absolute atomic E-state index is 12.5. The Hall–Kier alpha value is -2.75. The second-order valence-corrected chi connectivity index (χ2v) is 9.68. The average Bonchev–Trinajstić information content (AvgIpc) is 3.06. The second kappa shape index (κ2) is 9.17. The number of aromatic nitrogens is 3. The van der Waals surface area contributed by atoms with Crippen molar-refractivity contribution in [1.82, 2.24) is 24.4 Å². The Balaban J connectivity index is 1.38. The van der Waals surface area contributed by atoms with Gasteiger partial charge in [0.05, 0.1) is 11.4 Å². The minimum Gasteiger partial charge on any atom is -0.378 e. The van der Waals surface area contributed by atoms with E-state index in [1.165, 1.54) is 11.3 Å². The van der Waals surface area contributed by atoms with Gasteiger partial charge in [-0.05, 0) is 29.8 Å². The van der Waals surface area contributed by atoms with Crippen LogP contribution >= 0.6 is 0 Å². The highest BCUT2D eigenvalue weighted by atomic mass is 32.2. The Morgan fingerprint density at radius 1 is 0.968 bits per heavy atom. The van der Waals surface area contributed by atoms with Gasteiger partial charge in [0.25, 0.3) is 0 Å². The summed E-state index contributed by atoms with van der Waals surface area (Å²) >= 11 is 0. The van der Waals surface area contributed by atoms with Gasteiger partial charge in [0.1, 0.15) is 11.6 Å². The molecule has 4 rings (SSSR count). The Morgan fingerprint density at radius 3 is 2.42 bits per heavy atom. The molecule has 0 saturated heterocycles. The second-order valence-electron chi connectivity index (χ2n) is 7.91. The molecule has 9 heteroatoms. The zero-order valence-electron chi connectivity index (χ0n) is 17.9. The SMILES string of the molecule is CN(C)c1ccc(CN2CCc3nnc(CNS(=O)(=O)c4ccccc4)n3CC2)cc1. The first-order valence-corrected chi connectivity index (χ1v) is 11.8. The van der Waals surface area contributed by atoms with Crippen molar-refractivity contribution >= 4 is 15.7 Å². The molecule has 1 N–H and O–H groups in total. The van der Waals surface area contributed by atoms with Crippen LogP contribution in [0.25, 0.3) is 0 Å². The molecule has 164 valence electrons. The van der Waals surface area contributed by atoms with Crippen molar-refractivity contribution in [1.29, 1.82) is 0 Å². The number of nitrogens with one attached hydrogen (secondary N) is 1. The summed E-state index contributed by atoms with van der Waals surface area (Å²) in [6.07, 6.45) is 0.786. The van der Waals surface area contributed by atoms with Gasteiger partial charge < -0.3 is 9.47 Å². The summed E-state index contributed by atoms with van der Waals surface area (Å²) in [5, 5.41) is 8.54. The van der Waals surface area contributed by atoms with E-state index in [9.17, 15) is 8.42 Å². The van der Waals surface area contributed by atoms with Gasteiger partial charge in [-0.1, -0.05) is 30.3 Å². The fourth-order valence-corrected chi connectivity index (χ4v) is 4.72. The van der Waals surface area contributed by atoms with E-state index in [4.69, 9.17) is 0 Å². The van der Waals surface area contributed by atoms with Gasteiger partial charge in [0.15, 0.2) is 0 Å². The lowest BCUT2D eigenvalue weighted by atomic mass is 10.2. The molecule has 0 spiro atoms. The number of nitrogens with zero attached hydrogens (tertiary/aromatic N) is 5. The van der Waals surface area contributed by atoms with Crippen molar-refractivity contribution in [3.8, 4) is 0 Å². The molecular formula is C22H28N6O2S. The summed E-state index contributed by atoms with van der Waals surface area (Å²) in [4.78, 5) is 4.74. The lowest BCUT2D eigenvalue weighted by molar-refractivity contribution is 0.270. The van der Waals surface area contributed by atoms with Crippen molar-refractivity contribution in [3.63, 3.8) is 0 Å². The molecule has 0 atom stereocenters. The third-order valence-corrected chi connectivity index (χ3v) is 6.95. The summed E-state index contributed by atoms with van der Waals surface area (Å²) in [6.45, 7) is 3.49. The van der Waals surface area contributed by atoms with E-state index in [-0.39, 0.29) is 11.4 Å². The van der Waals surface area contributed by atoms with Gasteiger partial charge in [-0.2, -0.15) is 0 Å². The van der Waals surface area contributed by atoms with Crippen LogP contribution in [0, 0.1) is 0 Å². The van der Waals surface area contributed by atoms with Crippen LogP contribution in [-0.2, 0) is 36.1 Å². The fourth-order valence-electron chi connectivity index (χ4n) is 3.72. The van der Waals surface area contributed by atoms with Crippen molar-refractivity contribution in [2.45, 2.75) is 31.0 Å². The highest BCUT2D eigenvalue weighted by Gasteiger charge is 2.21. The highest BCUT2D eigenvalue weighted by molar-refractivity contribution is 7.89. The molecule has 0 amide bonds. The average molecular weight is 441 g/mol. The molecule has 31 heavy (non-hydrogen) atoms. The molecule has 2 aromatic carbocycles. The van der Waals surface area contributed by atoms with Gasteiger partial charge in [-0.25, -0.2) is 13.1 Å². The normalized spacial score (nSPS) is 14.8. The molecule has 0 saturated carbocycles. The molecule has 1 aliphatic rings. The lowest BCUT2D eigenvalue weighted by Crippen LogP contribution is -2.28. The van der Waals surface area contributed by atoms with Crippen LogP contribution in [0.15, 0.2) is 59.5 Å². The van der Waals surface area contributed by atoms with Crippen LogP contribution < -0.4 is 9.62 Å². The third kappa shape index (κ3) is 5.12. The standard InChI is InChI=1S/C22H28N6O2S/c1-26(2)19-10-8-18(9-11-19)17-27-13-12-21-24-25-22(28(21)15-14-27)16-23-31(29,30)20-6-4-3-5-7-20/h3-11,23H,12-17H2,1-2H3. The quantitative estimate of drug-likeness (QED) is 0.604. The fraction of sp³-hybridized carbons (Fsp3) is 0.364. The molecule has 8 nitrogen and oxygen atoms in total. The Morgan fingerprint density at radius 2 is 1.71 bits per heavy atom. The summed E-state index contributed by atoms with van der Waals surface area (Å²) < 4.78 is 29.7. The van der Waals surface area contributed by atoms with Crippen LogP contribution in [0.1, 0.15) is 17.2 Å². The van der Waals surface area contributed by atoms with E-state index < -0.39 is 10.0 Å². The van der Waals surface area contributed by atoms with Crippen LogP contribution in [0.4, 0.5) is 5.69 Å². The molecule has 3 aromatic rings. The molecule has 1 aliphatic heterocycles. The van der Waals surface area contributed by atoms with E-state index >= 15 is 0 Å². The molecule has 0 radical (unpaired) electrons. The smallest absolute Gasteiger partial charge is 0.240 e. The zero-order valence-corrected chi connectivity index (χ0v) is 18.7. The maximum Gasteiger partial charge on any atom is 0.240 e. The number of benzene rings is 2. The molecule has 2 heterocycles. The van der Waals surface area contributed by atoms with Crippen LogP contribution in [0.2, 0.25) is 0 Å². The zero-order chi connectivity index (χ0) is 21.8. The predicted octanol–water partition coefficient (Wildman–Crippen LogP) is 1.88. The maximum atomic E-state index is 12.5. The van der Waals surface area contributed by atoms with E-state index in [0.717, 1.165) is 38.4 Å². The summed E-state index contributed by atoms with van der Waals surface area (Å²) in [5.41, 5.74) is 2.47. The molecule has 0 fully saturated rings. The first-order valence-electron chi connectivity index (χ1n) is 10.4. The number of fused-ring (bicyclic) bond motifs is 1. The number of anilines is 1. The van der Waals surface area contributed by atoms with Crippen LogP contribution in [0.5, 0.6) is 0 Å². The Labute approximate surface area is 183 Å². The monoisotopic (exact) mass is 440 g/mol. The molecular weight excluding hydrogens is 412 g/mol. The van der Waals surface area contributed by atoms with E-state index in [0.29, 0.717) is 5.82 Å². The number of hydrogen-bond donors (Lipinski definition) is 1.